The molecule has 0 spiro atoms. The van der Waals surface area contributed by atoms with E-state index < -0.39 is 4.92 Å². The Hall–Kier alpha value is -2.42. The number of phenols is 1. The Morgan fingerprint density at radius 1 is 1.57 bits per heavy atom. The molecule has 8 nitrogen and oxygen atoms in total. The zero-order chi connectivity index (χ0) is 15.8. The lowest BCUT2D eigenvalue weighted by atomic mass is 10.1. The van der Waals surface area contributed by atoms with E-state index in [0.717, 1.165) is 6.07 Å². The van der Waals surface area contributed by atoms with Crippen molar-refractivity contribution in [2.75, 3.05) is 13.2 Å². The maximum Gasteiger partial charge on any atom is 0.274 e. The van der Waals surface area contributed by atoms with Crippen LogP contribution in [0.5, 0.6) is 11.5 Å². The maximum atomic E-state index is 10.9. The highest BCUT2D eigenvalue weighted by molar-refractivity contribution is 7.80. The summed E-state index contributed by atoms with van der Waals surface area (Å²) in [4.78, 5) is 10.3. The number of hydrazone groups is 1. The van der Waals surface area contributed by atoms with Gasteiger partial charge in [-0.3, -0.25) is 15.5 Å². The Morgan fingerprint density at radius 2 is 2.29 bits per heavy atom. The number of rotatable bonds is 6. The first-order valence-electron chi connectivity index (χ1n) is 6.20. The quantitative estimate of drug-likeness (QED) is 0.316. The van der Waals surface area contributed by atoms with Crippen molar-refractivity contribution >= 4 is 29.2 Å². The normalized spacial score (nSPS) is 10.4. The number of nitro benzene ring substituents is 1. The van der Waals surface area contributed by atoms with Crippen molar-refractivity contribution in [1.82, 2.24) is 10.7 Å². The minimum atomic E-state index is -0.573. The number of thiocarbonyl (C=S) groups is 1. The number of hydrogen-bond acceptors (Lipinski definition) is 6. The summed E-state index contributed by atoms with van der Waals surface area (Å²) in [6.07, 6.45) is 1.23. The van der Waals surface area contributed by atoms with Crippen LogP contribution < -0.4 is 15.5 Å². The first-order valence-corrected chi connectivity index (χ1v) is 6.61. The van der Waals surface area contributed by atoms with Gasteiger partial charge in [-0.1, -0.05) is 0 Å². The highest BCUT2D eigenvalue weighted by atomic mass is 32.1. The molecule has 9 heteroatoms. The van der Waals surface area contributed by atoms with Gasteiger partial charge in [-0.25, -0.2) is 0 Å². The molecule has 1 aromatic rings. The first kappa shape index (κ1) is 16.6. The molecule has 0 heterocycles. The molecule has 1 aromatic carbocycles. The Bertz CT molecular complexity index is 562. The van der Waals surface area contributed by atoms with E-state index in [0.29, 0.717) is 11.7 Å². The Labute approximate surface area is 127 Å². The van der Waals surface area contributed by atoms with Crippen LogP contribution >= 0.6 is 12.2 Å². The molecule has 1 rings (SSSR count). The van der Waals surface area contributed by atoms with Gasteiger partial charge in [0.05, 0.1) is 23.8 Å². The van der Waals surface area contributed by atoms with Crippen molar-refractivity contribution in [3.63, 3.8) is 0 Å². The van der Waals surface area contributed by atoms with E-state index in [-0.39, 0.29) is 29.4 Å². The van der Waals surface area contributed by atoms with Gasteiger partial charge >= 0.3 is 0 Å². The predicted octanol–water partition coefficient (Wildman–Crippen LogP) is 1.52. The number of phenolic OH excluding ortho intramolecular Hbond substituents is 1. The summed E-state index contributed by atoms with van der Waals surface area (Å²) in [6, 6.07) is 2.35. The summed E-state index contributed by atoms with van der Waals surface area (Å²) in [5, 5.41) is 27.8. The zero-order valence-electron chi connectivity index (χ0n) is 11.6. The van der Waals surface area contributed by atoms with Gasteiger partial charge in [0.2, 0.25) is 0 Å². The van der Waals surface area contributed by atoms with Gasteiger partial charge in [-0.2, -0.15) is 5.10 Å². The fourth-order valence-electron chi connectivity index (χ4n) is 1.44. The fraction of sp³-hybridized carbons (Fsp3) is 0.333. The number of hydrogen-bond donors (Lipinski definition) is 3. The minimum absolute atomic E-state index is 0.0300. The fourth-order valence-corrected chi connectivity index (χ4v) is 1.64. The van der Waals surface area contributed by atoms with Crippen molar-refractivity contribution < 1.29 is 14.8 Å². The van der Waals surface area contributed by atoms with E-state index in [1.165, 1.54) is 12.3 Å². The first-order chi connectivity index (χ1) is 9.99. The predicted molar refractivity (Wildman–Crippen MR) is 82.9 cm³/mol. The monoisotopic (exact) mass is 312 g/mol. The number of aromatic hydroxyl groups is 1. The van der Waals surface area contributed by atoms with Crippen molar-refractivity contribution in [3.05, 3.63) is 27.8 Å². The number of nitrogens with one attached hydrogen (secondary N) is 2. The van der Waals surface area contributed by atoms with E-state index >= 15 is 0 Å². The third-order valence-corrected chi connectivity index (χ3v) is 2.54. The number of ether oxygens (including phenoxy) is 1. The molecule has 0 aliphatic heterocycles. The molecule has 0 aliphatic rings. The van der Waals surface area contributed by atoms with Gasteiger partial charge in [-0.15, -0.1) is 0 Å². The molecule has 0 aliphatic carbocycles. The lowest BCUT2D eigenvalue weighted by molar-refractivity contribution is -0.385. The Balaban J connectivity index is 3.01. The highest BCUT2D eigenvalue weighted by Crippen LogP contribution is 2.33. The minimum Gasteiger partial charge on any atom is -0.504 e. The summed E-state index contributed by atoms with van der Waals surface area (Å²) >= 11 is 4.90. The van der Waals surface area contributed by atoms with Crippen molar-refractivity contribution in [3.8, 4) is 11.5 Å². The average molecular weight is 312 g/mol. The standard InChI is InChI=1S/C12H16N4O4S/c1-3-13-12(21)15-14-7-8-5-9(16(18)19)6-10(11(8)17)20-4-2/h5-7,17H,3-4H2,1-2H3,(H2,13,15,21)/b14-7+. The van der Waals surface area contributed by atoms with Crippen LogP contribution in [0.15, 0.2) is 17.2 Å². The van der Waals surface area contributed by atoms with E-state index in [4.69, 9.17) is 17.0 Å². The number of nitro groups is 1. The molecule has 0 amide bonds. The molecule has 3 N–H and O–H groups in total. The van der Waals surface area contributed by atoms with Crippen LogP contribution in [0, 0.1) is 10.1 Å². The summed E-state index contributed by atoms with van der Waals surface area (Å²) in [6.45, 7) is 4.49. The van der Waals surface area contributed by atoms with Gasteiger partial charge in [0.25, 0.3) is 5.69 Å². The lowest BCUT2D eigenvalue weighted by Gasteiger charge is -2.08. The van der Waals surface area contributed by atoms with Crippen molar-refractivity contribution in [2.45, 2.75) is 13.8 Å². The summed E-state index contributed by atoms with van der Waals surface area (Å²) in [7, 11) is 0. The number of nitrogens with zero attached hydrogens (tertiary/aromatic N) is 2. The third kappa shape index (κ3) is 4.88. The van der Waals surface area contributed by atoms with Gasteiger partial charge in [0.1, 0.15) is 0 Å². The summed E-state index contributed by atoms with van der Waals surface area (Å²) in [5.41, 5.74) is 2.48. The molecule has 0 unspecified atom stereocenters. The van der Waals surface area contributed by atoms with Crippen LogP contribution in [-0.4, -0.2) is 34.5 Å². The topological polar surface area (TPSA) is 109 Å². The lowest BCUT2D eigenvalue weighted by Crippen LogP contribution is -2.31. The van der Waals surface area contributed by atoms with Crippen LogP contribution in [0.25, 0.3) is 0 Å². The molecule has 0 bridgehead atoms. The van der Waals surface area contributed by atoms with E-state index in [1.807, 2.05) is 6.92 Å². The second-order valence-corrected chi connectivity index (χ2v) is 4.21. The van der Waals surface area contributed by atoms with Gasteiger partial charge in [-0.05, 0) is 26.1 Å². The molecule has 0 radical (unpaired) electrons. The van der Waals surface area contributed by atoms with Crippen LogP contribution in [0.3, 0.4) is 0 Å². The summed E-state index contributed by atoms with van der Waals surface area (Å²) < 4.78 is 5.16. The molecule has 114 valence electrons. The average Bonchev–Trinajstić information content (AvgIpc) is 2.43. The Kier molecular flexibility index (Phi) is 6.34. The van der Waals surface area contributed by atoms with Crippen LogP contribution in [-0.2, 0) is 0 Å². The van der Waals surface area contributed by atoms with E-state index in [1.54, 1.807) is 6.92 Å². The summed E-state index contributed by atoms with van der Waals surface area (Å²) in [5.74, 6) is -0.190. The molecule has 0 saturated carbocycles. The third-order valence-electron chi connectivity index (χ3n) is 2.31. The SMILES string of the molecule is CCNC(=S)N/N=C/c1cc([N+](=O)[O-])cc(OCC)c1O. The molecular weight excluding hydrogens is 296 g/mol. The van der Waals surface area contributed by atoms with Gasteiger partial charge < -0.3 is 15.2 Å². The molecule has 0 aromatic heterocycles. The smallest absolute Gasteiger partial charge is 0.274 e. The largest absolute Gasteiger partial charge is 0.504 e. The second kappa shape index (κ2) is 8.00. The van der Waals surface area contributed by atoms with Crippen LogP contribution in [0.2, 0.25) is 0 Å². The Morgan fingerprint density at radius 3 is 2.86 bits per heavy atom. The van der Waals surface area contributed by atoms with E-state index in [9.17, 15) is 15.2 Å². The number of benzene rings is 1. The molecule has 0 atom stereocenters. The highest BCUT2D eigenvalue weighted by Gasteiger charge is 2.16. The number of non-ortho nitro benzene ring substituents is 1. The zero-order valence-corrected chi connectivity index (χ0v) is 12.4. The second-order valence-electron chi connectivity index (χ2n) is 3.80. The van der Waals surface area contributed by atoms with Gasteiger partial charge in [0, 0.05) is 18.2 Å². The van der Waals surface area contributed by atoms with Gasteiger partial charge in [0.15, 0.2) is 16.6 Å². The maximum absolute atomic E-state index is 10.9. The molecule has 21 heavy (non-hydrogen) atoms. The molecule has 0 fully saturated rings. The molecule has 0 saturated heterocycles. The van der Waals surface area contributed by atoms with E-state index in [2.05, 4.69) is 15.8 Å². The van der Waals surface area contributed by atoms with Crippen LogP contribution in [0.1, 0.15) is 19.4 Å². The van der Waals surface area contributed by atoms with Crippen LogP contribution in [0.4, 0.5) is 5.69 Å². The van der Waals surface area contributed by atoms with Crippen molar-refractivity contribution in [2.24, 2.45) is 5.10 Å². The molecular formula is C12H16N4O4S. The van der Waals surface area contributed by atoms with Crippen molar-refractivity contribution in [1.29, 1.82) is 0 Å².